The van der Waals surface area contributed by atoms with Gasteiger partial charge < -0.3 is 15.1 Å². The van der Waals surface area contributed by atoms with Crippen LogP contribution >= 0.6 is 11.3 Å². The van der Waals surface area contributed by atoms with E-state index < -0.39 is 0 Å². The number of thiazole rings is 1. The number of nitrogens with zero attached hydrogens (tertiary/aromatic N) is 4. The Morgan fingerprint density at radius 2 is 2.04 bits per heavy atom. The second-order valence-corrected chi connectivity index (χ2v) is 6.27. The highest BCUT2D eigenvalue weighted by Gasteiger charge is 2.21. The average molecular weight is 331 g/mol. The molecule has 1 fully saturated rings. The predicted molar refractivity (Wildman–Crippen MR) is 93.4 cm³/mol. The number of amides is 1. The summed E-state index contributed by atoms with van der Waals surface area (Å²) in [6.07, 6.45) is 2.75. The summed E-state index contributed by atoms with van der Waals surface area (Å²) >= 11 is 1.53. The fourth-order valence-electron chi connectivity index (χ4n) is 2.51. The molecule has 0 saturated carbocycles. The van der Waals surface area contributed by atoms with Gasteiger partial charge in [-0.2, -0.15) is 0 Å². The van der Waals surface area contributed by atoms with Crippen molar-refractivity contribution in [2.24, 2.45) is 0 Å². The second kappa shape index (κ2) is 7.41. The minimum atomic E-state index is -0.0820. The minimum Gasteiger partial charge on any atom is -0.353 e. The Morgan fingerprint density at radius 1 is 1.26 bits per heavy atom. The van der Waals surface area contributed by atoms with E-state index in [4.69, 9.17) is 0 Å². The van der Waals surface area contributed by atoms with Gasteiger partial charge >= 0.3 is 0 Å². The lowest BCUT2D eigenvalue weighted by Gasteiger charge is -2.35. The molecule has 0 spiro atoms. The molecule has 23 heavy (non-hydrogen) atoms. The number of pyridine rings is 1. The second-order valence-electron chi connectivity index (χ2n) is 5.43. The van der Waals surface area contributed by atoms with Crippen molar-refractivity contribution >= 4 is 28.2 Å². The van der Waals surface area contributed by atoms with Crippen molar-refractivity contribution in [2.45, 2.75) is 13.3 Å². The highest BCUT2D eigenvalue weighted by Crippen LogP contribution is 2.23. The van der Waals surface area contributed by atoms with Gasteiger partial charge in [0.05, 0.1) is 0 Å². The molecule has 0 unspecified atom stereocenters. The molecule has 1 aliphatic heterocycles. The van der Waals surface area contributed by atoms with Crippen LogP contribution in [0.1, 0.15) is 23.8 Å². The lowest BCUT2D eigenvalue weighted by molar-refractivity contribution is 0.0949. The first-order valence-corrected chi connectivity index (χ1v) is 8.80. The van der Waals surface area contributed by atoms with Gasteiger partial charge in [-0.1, -0.05) is 13.0 Å². The lowest BCUT2D eigenvalue weighted by atomic mass is 10.3. The summed E-state index contributed by atoms with van der Waals surface area (Å²) in [5, 5.41) is 5.63. The third-order valence-corrected chi connectivity index (χ3v) is 4.69. The van der Waals surface area contributed by atoms with E-state index in [0.29, 0.717) is 12.2 Å². The van der Waals surface area contributed by atoms with Crippen molar-refractivity contribution in [3.63, 3.8) is 0 Å². The smallest absolute Gasteiger partial charge is 0.270 e. The minimum absolute atomic E-state index is 0.0820. The van der Waals surface area contributed by atoms with Gasteiger partial charge in [0.25, 0.3) is 5.91 Å². The van der Waals surface area contributed by atoms with Crippen molar-refractivity contribution in [2.75, 3.05) is 42.5 Å². The molecular formula is C16H21N5OS. The zero-order chi connectivity index (χ0) is 16.1. The van der Waals surface area contributed by atoms with Crippen LogP contribution in [0.25, 0.3) is 0 Å². The fraction of sp³-hybridized carbons (Fsp3) is 0.438. The van der Waals surface area contributed by atoms with E-state index in [0.717, 1.165) is 43.5 Å². The molecule has 1 N–H and O–H groups in total. The molecule has 0 aromatic carbocycles. The van der Waals surface area contributed by atoms with Crippen LogP contribution in [-0.4, -0.2) is 48.6 Å². The van der Waals surface area contributed by atoms with Gasteiger partial charge in [0.2, 0.25) is 0 Å². The van der Waals surface area contributed by atoms with Gasteiger partial charge in [-0.05, 0) is 18.6 Å². The van der Waals surface area contributed by atoms with E-state index in [1.54, 1.807) is 0 Å². The van der Waals surface area contributed by atoms with Gasteiger partial charge in [-0.25, -0.2) is 9.97 Å². The molecule has 0 atom stereocenters. The molecule has 2 aromatic rings. The van der Waals surface area contributed by atoms with E-state index in [1.807, 2.05) is 36.7 Å². The first-order valence-electron chi connectivity index (χ1n) is 7.92. The van der Waals surface area contributed by atoms with Crippen LogP contribution in [0.5, 0.6) is 0 Å². The predicted octanol–water partition coefficient (Wildman–Crippen LogP) is 2.00. The first-order chi connectivity index (χ1) is 11.3. The Hall–Kier alpha value is -2.15. The standard InChI is InChI=1S/C16H21N5OS/c1-2-6-18-15(22)13-12-23-16(19-13)21-10-8-20(9-11-21)14-5-3-4-7-17-14/h3-5,7,12H,2,6,8-11H2,1H3,(H,18,22). The van der Waals surface area contributed by atoms with E-state index in [2.05, 4.69) is 25.1 Å². The number of rotatable bonds is 5. The van der Waals surface area contributed by atoms with Crippen molar-refractivity contribution in [3.05, 3.63) is 35.5 Å². The van der Waals surface area contributed by atoms with E-state index in [-0.39, 0.29) is 5.91 Å². The molecule has 1 amide bonds. The first kappa shape index (κ1) is 15.7. The van der Waals surface area contributed by atoms with Crippen LogP contribution < -0.4 is 15.1 Å². The maximum absolute atomic E-state index is 11.9. The highest BCUT2D eigenvalue weighted by molar-refractivity contribution is 7.13. The number of anilines is 2. The largest absolute Gasteiger partial charge is 0.353 e. The summed E-state index contributed by atoms with van der Waals surface area (Å²) in [4.78, 5) is 25.3. The van der Waals surface area contributed by atoms with Crippen LogP contribution in [-0.2, 0) is 0 Å². The number of carbonyl (C=O) groups excluding carboxylic acids is 1. The highest BCUT2D eigenvalue weighted by atomic mass is 32.1. The number of aromatic nitrogens is 2. The van der Waals surface area contributed by atoms with Crippen LogP contribution in [0.2, 0.25) is 0 Å². The summed E-state index contributed by atoms with van der Waals surface area (Å²) < 4.78 is 0. The quantitative estimate of drug-likeness (QED) is 0.908. The fourth-order valence-corrected chi connectivity index (χ4v) is 3.37. The molecule has 7 heteroatoms. The zero-order valence-corrected chi connectivity index (χ0v) is 14.1. The van der Waals surface area contributed by atoms with Crippen molar-refractivity contribution in [1.82, 2.24) is 15.3 Å². The van der Waals surface area contributed by atoms with E-state index in [1.165, 1.54) is 11.3 Å². The van der Waals surface area contributed by atoms with Crippen LogP contribution in [0, 0.1) is 0 Å². The number of piperazine rings is 1. The number of hydrogen-bond acceptors (Lipinski definition) is 6. The molecule has 1 saturated heterocycles. The maximum atomic E-state index is 11.9. The molecule has 0 radical (unpaired) electrons. The van der Waals surface area contributed by atoms with E-state index in [9.17, 15) is 4.79 Å². The van der Waals surface area contributed by atoms with Crippen LogP contribution in [0.15, 0.2) is 29.8 Å². The van der Waals surface area contributed by atoms with Crippen molar-refractivity contribution in [3.8, 4) is 0 Å². The molecule has 0 aliphatic carbocycles. The maximum Gasteiger partial charge on any atom is 0.270 e. The van der Waals surface area contributed by atoms with E-state index >= 15 is 0 Å². The summed E-state index contributed by atoms with van der Waals surface area (Å²) in [5.41, 5.74) is 0.519. The SMILES string of the molecule is CCCNC(=O)c1csc(N2CCN(c3ccccn3)CC2)n1. The number of hydrogen-bond donors (Lipinski definition) is 1. The summed E-state index contributed by atoms with van der Waals surface area (Å²) in [6.45, 7) is 6.32. The molecule has 122 valence electrons. The molecular weight excluding hydrogens is 310 g/mol. The summed E-state index contributed by atoms with van der Waals surface area (Å²) in [5.74, 6) is 0.937. The topological polar surface area (TPSA) is 61.4 Å². The Kier molecular flexibility index (Phi) is 5.07. The van der Waals surface area contributed by atoms with Crippen LogP contribution in [0.3, 0.4) is 0 Å². The van der Waals surface area contributed by atoms with Gasteiger partial charge in [-0.3, -0.25) is 4.79 Å². The molecule has 3 heterocycles. The number of nitrogens with one attached hydrogen (secondary N) is 1. The summed E-state index contributed by atoms with van der Waals surface area (Å²) in [7, 11) is 0. The van der Waals surface area contributed by atoms with Gasteiger partial charge in [-0.15, -0.1) is 11.3 Å². The zero-order valence-electron chi connectivity index (χ0n) is 13.2. The molecule has 0 bridgehead atoms. The molecule has 3 rings (SSSR count). The lowest BCUT2D eigenvalue weighted by Crippen LogP contribution is -2.46. The van der Waals surface area contributed by atoms with Crippen LogP contribution in [0.4, 0.5) is 10.9 Å². The Bertz CT molecular complexity index is 637. The average Bonchev–Trinajstić information content (AvgIpc) is 3.11. The monoisotopic (exact) mass is 331 g/mol. The third-order valence-electron chi connectivity index (χ3n) is 3.78. The van der Waals surface area contributed by atoms with Gasteiger partial charge in [0, 0.05) is 44.3 Å². The Balaban J connectivity index is 1.58. The summed E-state index contributed by atoms with van der Waals surface area (Å²) in [6, 6.07) is 5.98. The van der Waals surface area contributed by atoms with Crippen molar-refractivity contribution < 1.29 is 4.79 Å². The molecule has 6 nitrogen and oxygen atoms in total. The Morgan fingerprint density at radius 3 is 2.74 bits per heavy atom. The van der Waals surface area contributed by atoms with Crippen molar-refractivity contribution in [1.29, 1.82) is 0 Å². The normalized spacial score (nSPS) is 14.8. The van der Waals surface area contributed by atoms with Gasteiger partial charge in [0.1, 0.15) is 11.5 Å². The number of carbonyl (C=O) groups is 1. The molecule has 2 aromatic heterocycles. The Labute approximate surface area is 140 Å². The molecule has 1 aliphatic rings. The van der Waals surface area contributed by atoms with Gasteiger partial charge in [0.15, 0.2) is 5.13 Å². The third kappa shape index (κ3) is 3.79.